The van der Waals surface area contributed by atoms with E-state index in [1.165, 1.54) is 57.1 Å². The van der Waals surface area contributed by atoms with Crippen molar-refractivity contribution >= 4 is 11.3 Å². The van der Waals surface area contributed by atoms with Gasteiger partial charge in [0.2, 0.25) is 0 Å². The highest BCUT2D eigenvalue weighted by molar-refractivity contribution is 7.07. The molecule has 1 heterocycles. The van der Waals surface area contributed by atoms with Crippen LogP contribution in [0.15, 0.2) is 10.9 Å². The molecular formula is C15H28N2S. The zero-order chi connectivity index (χ0) is 13.1. The Morgan fingerprint density at radius 1 is 1.11 bits per heavy atom. The van der Waals surface area contributed by atoms with Crippen LogP contribution >= 0.6 is 11.3 Å². The molecule has 3 heteroatoms. The molecule has 1 rings (SSSR count). The Morgan fingerprint density at radius 2 is 1.78 bits per heavy atom. The Kier molecular flexibility index (Phi) is 9.13. The van der Waals surface area contributed by atoms with Crippen LogP contribution in [0.1, 0.15) is 76.9 Å². The van der Waals surface area contributed by atoms with Crippen molar-refractivity contribution in [3.8, 4) is 0 Å². The van der Waals surface area contributed by atoms with Gasteiger partial charge in [-0.3, -0.25) is 0 Å². The largest absolute Gasteiger partial charge is 0.309 e. The van der Waals surface area contributed by atoms with Gasteiger partial charge in [-0.25, -0.2) is 4.98 Å². The van der Waals surface area contributed by atoms with Crippen molar-refractivity contribution in [2.45, 2.75) is 71.3 Å². The molecule has 0 saturated carbocycles. The van der Waals surface area contributed by atoms with Crippen LogP contribution in [0.3, 0.4) is 0 Å². The Balaban J connectivity index is 1.87. The number of thiazole rings is 1. The van der Waals surface area contributed by atoms with Gasteiger partial charge in [-0.05, 0) is 19.9 Å². The second-order valence-electron chi connectivity index (χ2n) is 5.06. The Hall–Kier alpha value is -0.410. The summed E-state index contributed by atoms with van der Waals surface area (Å²) in [6.07, 6.45) is 11.1. The Morgan fingerprint density at radius 3 is 2.39 bits per heavy atom. The van der Waals surface area contributed by atoms with Crippen LogP contribution in [0.25, 0.3) is 0 Å². The van der Waals surface area contributed by atoms with E-state index >= 15 is 0 Å². The van der Waals surface area contributed by atoms with Crippen molar-refractivity contribution in [3.05, 3.63) is 16.6 Å². The van der Waals surface area contributed by atoms with Gasteiger partial charge in [0.1, 0.15) is 0 Å². The molecule has 0 aliphatic heterocycles. The van der Waals surface area contributed by atoms with Crippen LogP contribution in [-0.4, -0.2) is 11.5 Å². The van der Waals surface area contributed by atoms with E-state index in [9.17, 15) is 0 Å². The summed E-state index contributed by atoms with van der Waals surface area (Å²) < 4.78 is 0. The number of rotatable bonds is 11. The summed E-state index contributed by atoms with van der Waals surface area (Å²) in [5, 5.41) is 5.67. The summed E-state index contributed by atoms with van der Waals surface area (Å²) in [4.78, 5) is 4.33. The highest BCUT2D eigenvalue weighted by Gasteiger charge is 2.05. The second kappa shape index (κ2) is 10.5. The minimum absolute atomic E-state index is 0.404. The number of aromatic nitrogens is 1. The fraction of sp³-hybridized carbons (Fsp3) is 0.800. The molecule has 2 nitrogen and oxygen atoms in total. The Bertz CT molecular complexity index is 272. The van der Waals surface area contributed by atoms with Crippen molar-refractivity contribution in [3.63, 3.8) is 0 Å². The van der Waals surface area contributed by atoms with Crippen molar-refractivity contribution in [1.29, 1.82) is 0 Å². The van der Waals surface area contributed by atoms with E-state index in [4.69, 9.17) is 0 Å². The van der Waals surface area contributed by atoms with Crippen LogP contribution in [0.2, 0.25) is 0 Å². The first-order valence-electron chi connectivity index (χ1n) is 7.46. The van der Waals surface area contributed by atoms with Crippen LogP contribution in [0.5, 0.6) is 0 Å². The van der Waals surface area contributed by atoms with Crippen LogP contribution in [-0.2, 0) is 0 Å². The lowest BCUT2D eigenvalue weighted by Crippen LogP contribution is -2.19. The van der Waals surface area contributed by atoms with E-state index in [1.807, 2.05) is 5.51 Å². The number of hydrogen-bond acceptors (Lipinski definition) is 3. The molecule has 18 heavy (non-hydrogen) atoms. The SMILES string of the molecule is CCCCCCCCCCNC(C)c1cscn1. The molecule has 1 N–H and O–H groups in total. The van der Waals surface area contributed by atoms with E-state index in [0.717, 1.165) is 6.54 Å². The van der Waals surface area contributed by atoms with Crippen molar-refractivity contribution in [2.75, 3.05) is 6.54 Å². The minimum atomic E-state index is 0.404. The first-order valence-corrected chi connectivity index (χ1v) is 8.40. The first-order chi connectivity index (χ1) is 8.84. The van der Waals surface area contributed by atoms with Gasteiger partial charge >= 0.3 is 0 Å². The third kappa shape index (κ3) is 7.12. The highest BCUT2D eigenvalue weighted by atomic mass is 32.1. The molecule has 0 aliphatic rings. The lowest BCUT2D eigenvalue weighted by atomic mass is 10.1. The maximum Gasteiger partial charge on any atom is 0.0795 e. The van der Waals surface area contributed by atoms with E-state index in [-0.39, 0.29) is 0 Å². The molecule has 0 radical (unpaired) electrons. The van der Waals surface area contributed by atoms with Crippen molar-refractivity contribution < 1.29 is 0 Å². The molecule has 0 aromatic carbocycles. The lowest BCUT2D eigenvalue weighted by Gasteiger charge is -2.11. The molecule has 1 atom stereocenters. The number of unbranched alkanes of at least 4 members (excludes halogenated alkanes) is 7. The molecule has 104 valence electrons. The number of nitrogens with one attached hydrogen (secondary N) is 1. The molecule has 0 fully saturated rings. The van der Waals surface area contributed by atoms with Gasteiger partial charge in [-0.2, -0.15) is 0 Å². The molecule has 0 bridgehead atoms. The second-order valence-corrected chi connectivity index (χ2v) is 5.78. The van der Waals surface area contributed by atoms with E-state index < -0.39 is 0 Å². The maximum absolute atomic E-state index is 4.33. The molecule has 0 saturated heterocycles. The first kappa shape index (κ1) is 15.6. The van der Waals surface area contributed by atoms with Gasteiger partial charge in [0.15, 0.2) is 0 Å². The maximum atomic E-state index is 4.33. The van der Waals surface area contributed by atoms with Crippen molar-refractivity contribution in [2.24, 2.45) is 0 Å². The van der Waals surface area contributed by atoms with Crippen LogP contribution in [0.4, 0.5) is 0 Å². The quantitative estimate of drug-likeness (QED) is 0.575. The normalized spacial score (nSPS) is 12.8. The molecule has 1 aromatic rings. The molecule has 0 amide bonds. The van der Waals surface area contributed by atoms with Crippen molar-refractivity contribution in [1.82, 2.24) is 10.3 Å². The summed E-state index contributed by atoms with van der Waals surface area (Å²) in [5.41, 5.74) is 3.09. The molecule has 1 aromatic heterocycles. The summed E-state index contributed by atoms with van der Waals surface area (Å²) >= 11 is 1.67. The monoisotopic (exact) mass is 268 g/mol. The predicted octanol–water partition coefficient (Wildman–Crippen LogP) is 4.93. The standard InChI is InChI=1S/C15H28N2S/c1-3-4-5-6-7-8-9-10-11-16-14(2)15-12-18-13-17-15/h12-14,16H,3-11H2,1-2H3. The predicted molar refractivity (Wildman–Crippen MR) is 81.1 cm³/mol. The smallest absolute Gasteiger partial charge is 0.0795 e. The van der Waals surface area contributed by atoms with Gasteiger partial charge in [-0.1, -0.05) is 51.9 Å². The zero-order valence-corrected chi connectivity index (χ0v) is 12.8. The van der Waals surface area contributed by atoms with Gasteiger partial charge in [0.05, 0.1) is 11.2 Å². The van der Waals surface area contributed by atoms with Gasteiger partial charge in [0, 0.05) is 11.4 Å². The van der Waals surface area contributed by atoms with E-state index in [1.54, 1.807) is 11.3 Å². The number of nitrogens with zero attached hydrogens (tertiary/aromatic N) is 1. The van der Waals surface area contributed by atoms with Gasteiger partial charge < -0.3 is 5.32 Å². The fourth-order valence-electron chi connectivity index (χ4n) is 2.12. The lowest BCUT2D eigenvalue weighted by molar-refractivity contribution is 0.517. The third-order valence-electron chi connectivity index (χ3n) is 3.38. The topological polar surface area (TPSA) is 24.9 Å². The fourth-order valence-corrected chi connectivity index (χ4v) is 2.77. The van der Waals surface area contributed by atoms with Gasteiger partial charge in [0.25, 0.3) is 0 Å². The highest BCUT2D eigenvalue weighted by Crippen LogP contribution is 2.12. The molecular weight excluding hydrogens is 240 g/mol. The molecule has 0 spiro atoms. The summed E-state index contributed by atoms with van der Waals surface area (Å²) in [5.74, 6) is 0. The zero-order valence-electron chi connectivity index (χ0n) is 12.0. The summed E-state index contributed by atoms with van der Waals surface area (Å²) in [6.45, 7) is 5.59. The number of hydrogen-bond donors (Lipinski definition) is 1. The molecule has 1 unspecified atom stereocenters. The Labute approximate surface area is 116 Å². The van der Waals surface area contributed by atoms with Gasteiger partial charge in [-0.15, -0.1) is 11.3 Å². The average Bonchev–Trinajstić information content (AvgIpc) is 2.90. The van der Waals surface area contributed by atoms with E-state index in [2.05, 4.69) is 29.5 Å². The summed E-state index contributed by atoms with van der Waals surface area (Å²) in [6, 6.07) is 0.404. The minimum Gasteiger partial charge on any atom is -0.309 e. The van der Waals surface area contributed by atoms with E-state index in [0.29, 0.717) is 6.04 Å². The van der Waals surface area contributed by atoms with Crippen LogP contribution < -0.4 is 5.32 Å². The molecule has 0 aliphatic carbocycles. The van der Waals surface area contributed by atoms with Crippen LogP contribution in [0, 0.1) is 0 Å². The summed E-state index contributed by atoms with van der Waals surface area (Å²) in [7, 11) is 0. The third-order valence-corrected chi connectivity index (χ3v) is 3.98. The average molecular weight is 268 g/mol.